The summed E-state index contributed by atoms with van der Waals surface area (Å²) in [6.45, 7) is 3.68. The molecule has 6 nitrogen and oxygen atoms in total. The second kappa shape index (κ2) is 6.76. The van der Waals surface area contributed by atoms with Gasteiger partial charge in [0.2, 0.25) is 0 Å². The number of nitrogens with one attached hydrogen (secondary N) is 1. The third kappa shape index (κ3) is 3.51. The number of aryl methyl sites for hydroxylation is 2. The number of carbonyl (C=O) groups excluding carboxylic acids is 1. The van der Waals surface area contributed by atoms with E-state index in [0.717, 1.165) is 5.76 Å². The van der Waals surface area contributed by atoms with Gasteiger partial charge in [0, 0.05) is 6.04 Å². The Morgan fingerprint density at radius 2 is 1.96 bits per heavy atom. The summed E-state index contributed by atoms with van der Waals surface area (Å²) >= 11 is 1.32. The van der Waals surface area contributed by atoms with Crippen molar-refractivity contribution >= 4 is 23.2 Å². The summed E-state index contributed by atoms with van der Waals surface area (Å²) < 4.78 is 5.56. The molecule has 24 heavy (non-hydrogen) atoms. The molecule has 0 radical (unpaired) electrons. The Kier molecular flexibility index (Phi) is 4.71. The van der Waals surface area contributed by atoms with E-state index in [0.29, 0.717) is 47.0 Å². The average Bonchev–Trinajstić information content (AvgIpc) is 3.13. The molecule has 2 aromatic heterocycles. The van der Waals surface area contributed by atoms with Crippen LogP contribution in [0.15, 0.2) is 16.5 Å². The molecule has 128 valence electrons. The first-order valence-electron chi connectivity index (χ1n) is 8.02. The Bertz CT molecular complexity index is 756. The zero-order valence-corrected chi connectivity index (χ0v) is 14.5. The maximum absolute atomic E-state index is 12.5. The van der Waals surface area contributed by atoms with Gasteiger partial charge in [-0.2, -0.15) is 0 Å². The molecule has 1 fully saturated rings. The highest BCUT2D eigenvalue weighted by Gasteiger charge is 2.28. The van der Waals surface area contributed by atoms with E-state index in [1.165, 1.54) is 11.3 Å². The fourth-order valence-electron chi connectivity index (χ4n) is 3.00. The summed E-state index contributed by atoms with van der Waals surface area (Å²) in [7, 11) is 0. The van der Waals surface area contributed by atoms with E-state index in [4.69, 9.17) is 9.52 Å². The van der Waals surface area contributed by atoms with Crippen molar-refractivity contribution < 1.29 is 19.1 Å². The SMILES string of the molecule is Cc1ccc(-c2nc(C)c(C(=O)NC3CCC(C(=O)O)CC3)s2)o1. The quantitative estimate of drug-likeness (QED) is 0.883. The lowest BCUT2D eigenvalue weighted by atomic mass is 9.86. The van der Waals surface area contributed by atoms with Crippen LogP contribution in [0.4, 0.5) is 0 Å². The lowest BCUT2D eigenvalue weighted by Crippen LogP contribution is -2.38. The fourth-order valence-corrected chi connectivity index (χ4v) is 3.93. The normalized spacial score (nSPS) is 20.8. The molecule has 0 bridgehead atoms. The number of nitrogens with zero attached hydrogens (tertiary/aromatic N) is 1. The predicted molar refractivity (Wildman–Crippen MR) is 90.1 cm³/mol. The molecular formula is C17H20N2O4S. The van der Waals surface area contributed by atoms with E-state index in [9.17, 15) is 9.59 Å². The van der Waals surface area contributed by atoms with Gasteiger partial charge in [-0.25, -0.2) is 4.98 Å². The molecule has 0 aliphatic heterocycles. The molecule has 0 saturated heterocycles. The molecule has 7 heteroatoms. The first kappa shape index (κ1) is 16.7. The van der Waals surface area contributed by atoms with Crippen molar-refractivity contribution in [1.29, 1.82) is 0 Å². The molecule has 1 aliphatic rings. The van der Waals surface area contributed by atoms with E-state index >= 15 is 0 Å². The van der Waals surface area contributed by atoms with Gasteiger partial charge in [-0.15, -0.1) is 11.3 Å². The molecule has 0 unspecified atom stereocenters. The number of rotatable bonds is 4. The van der Waals surface area contributed by atoms with Crippen LogP contribution >= 0.6 is 11.3 Å². The minimum atomic E-state index is -0.739. The third-order valence-corrected chi connectivity index (χ3v) is 5.54. The Labute approximate surface area is 143 Å². The van der Waals surface area contributed by atoms with Crippen LogP contribution in [-0.2, 0) is 4.79 Å². The van der Waals surface area contributed by atoms with Crippen molar-refractivity contribution in [3.05, 3.63) is 28.5 Å². The van der Waals surface area contributed by atoms with Gasteiger partial charge in [0.25, 0.3) is 5.91 Å². The molecule has 0 aromatic carbocycles. The molecule has 2 N–H and O–H groups in total. The smallest absolute Gasteiger partial charge is 0.306 e. The lowest BCUT2D eigenvalue weighted by molar-refractivity contribution is -0.142. The van der Waals surface area contributed by atoms with Crippen LogP contribution in [0.3, 0.4) is 0 Å². The number of hydrogen-bond acceptors (Lipinski definition) is 5. The Hall–Kier alpha value is -2.15. The van der Waals surface area contributed by atoms with Crippen molar-refractivity contribution in [3.63, 3.8) is 0 Å². The van der Waals surface area contributed by atoms with E-state index in [2.05, 4.69) is 10.3 Å². The first-order valence-corrected chi connectivity index (χ1v) is 8.83. The minimum absolute atomic E-state index is 0.0314. The molecule has 1 amide bonds. The van der Waals surface area contributed by atoms with Crippen molar-refractivity contribution in [1.82, 2.24) is 10.3 Å². The van der Waals surface area contributed by atoms with Gasteiger partial charge in [-0.3, -0.25) is 9.59 Å². The van der Waals surface area contributed by atoms with Crippen LogP contribution in [-0.4, -0.2) is 28.0 Å². The van der Waals surface area contributed by atoms with Gasteiger partial charge in [-0.05, 0) is 51.7 Å². The Balaban J connectivity index is 1.66. The number of carboxylic acids is 1. The van der Waals surface area contributed by atoms with Gasteiger partial charge in [-0.1, -0.05) is 0 Å². The molecule has 1 saturated carbocycles. The summed E-state index contributed by atoms with van der Waals surface area (Å²) in [5, 5.41) is 12.7. The number of hydrogen-bond donors (Lipinski definition) is 2. The maximum atomic E-state index is 12.5. The van der Waals surface area contributed by atoms with Gasteiger partial charge >= 0.3 is 5.97 Å². The van der Waals surface area contributed by atoms with Crippen LogP contribution in [0, 0.1) is 19.8 Å². The van der Waals surface area contributed by atoms with Gasteiger partial charge in [0.1, 0.15) is 10.6 Å². The van der Waals surface area contributed by atoms with Crippen LogP contribution in [0.2, 0.25) is 0 Å². The number of carbonyl (C=O) groups is 2. The van der Waals surface area contributed by atoms with Crippen LogP contribution in [0.5, 0.6) is 0 Å². The minimum Gasteiger partial charge on any atom is -0.481 e. The number of thiazole rings is 1. The molecule has 1 aliphatic carbocycles. The summed E-state index contributed by atoms with van der Waals surface area (Å²) in [5.41, 5.74) is 0.681. The standard InChI is InChI=1S/C17H20N2O4S/c1-9-3-8-13(23-9)16-18-10(2)14(24-16)15(20)19-12-6-4-11(5-7-12)17(21)22/h3,8,11-12H,4-7H2,1-2H3,(H,19,20)(H,21,22). The largest absolute Gasteiger partial charge is 0.481 e. The lowest BCUT2D eigenvalue weighted by Gasteiger charge is -2.26. The van der Waals surface area contributed by atoms with E-state index in [1.54, 1.807) is 0 Å². The molecule has 2 heterocycles. The summed E-state index contributed by atoms with van der Waals surface area (Å²) in [6, 6.07) is 3.75. The highest BCUT2D eigenvalue weighted by atomic mass is 32.1. The van der Waals surface area contributed by atoms with Crippen molar-refractivity contribution in [2.24, 2.45) is 5.92 Å². The zero-order chi connectivity index (χ0) is 17.3. The predicted octanol–water partition coefficient (Wildman–Crippen LogP) is 3.39. The molecule has 0 spiro atoms. The molecule has 3 rings (SSSR count). The van der Waals surface area contributed by atoms with Crippen molar-refractivity contribution in [3.8, 4) is 10.8 Å². The van der Waals surface area contributed by atoms with Gasteiger partial charge < -0.3 is 14.8 Å². The number of aromatic nitrogens is 1. The molecular weight excluding hydrogens is 328 g/mol. The second-order valence-electron chi connectivity index (χ2n) is 6.20. The van der Waals surface area contributed by atoms with Crippen LogP contribution in [0.25, 0.3) is 10.8 Å². The Morgan fingerprint density at radius 1 is 1.25 bits per heavy atom. The summed E-state index contributed by atoms with van der Waals surface area (Å²) in [4.78, 5) is 28.5. The topological polar surface area (TPSA) is 92.4 Å². The Morgan fingerprint density at radius 3 is 2.54 bits per heavy atom. The van der Waals surface area contributed by atoms with E-state index in [-0.39, 0.29) is 17.9 Å². The fraction of sp³-hybridized carbons (Fsp3) is 0.471. The molecule has 0 atom stereocenters. The van der Waals surface area contributed by atoms with Crippen molar-refractivity contribution in [2.45, 2.75) is 45.6 Å². The maximum Gasteiger partial charge on any atom is 0.306 e. The summed E-state index contributed by atoms with van der Waals surface area (Å²) in [5.74, 6) is 0.313. The number of carboxylic acid groups (broad SMARTS) is 1. The highest BCUT2D eigenvalue weighted by molar-refractivity contribution is 7.17. The summed E-state index contributed by atoms with van der Waals surface area (Å²) in [6.07, 6.45) is 2.62. The monoisotopic (exact) mass is 348 g/mol. The highest BCUT2D eigenvalue weighted by Crippen LogP contribution is 2.30. The zero-order valence-electron chi connectivity index (χ0n) is 13.7. The van der Waals surface area contributed by atoms with E-state index < -0.39 is 5.97 Å². The first-order chi connectivity index (χ1) is 11.4. The van der Waals surface area contributed by atoms with Gasteiger partial charge in [0.15, 0.2) is 10.8 Å². The van der Waals surface area contributed by atoms with Crippen LogP contribution < -0.4 is 5.32 Å². The molecule has 2 aromatic rings. The number of amides is 1. The third-order valence-electron chi connectivity index (χ3n) is 4.37. The second-order valence-corrected chi connectivity index (χ2v) is 7.20. The number of furan rings is 1. The average molecular weight is 348 g/mol. The van der Waals surface area contributed by atoms with E-state index in [1.807, 2.05) is 26.0 Å². The van der Waals surface area contributed by atoms with Crippen LogP contribution in [0.1, 0.15) is 46.8 Å². The van der Waals surface area contributed by atoms with Gasteiger partial charge in [0.05, 0.1) is 11.6 Å². The number of aliphatic carboxylic acids is 1. The van der Waals surface area contributed by atoms with Crippen molar-refractivity contribution in [2.75, 3.05) is 0 Å².